The molecule has 88 valence electrons. The van der Waals surface area contributed by atoms with Crippen LogP contribution in [0.2, 0.25) is 5.02 Å². The Morgan fingerprint density at radius 3 is 2.56 bits per heavy atom. The number of sulfonamides is 1. The van der Waals surface area contributed by atoms with Gasteiger partial charge in [-0.1, -0.05) is 18.0 Å². The predicted molar refractivity (Wildman–Crippen MR) is 63.8 cm³/mol. The van der Waals surface area contributed by atoms with Crippen LogP contribution in [0.1, 0.15) is 19.3 Å². The molecule has 0 aromatic heterocycles. The van der Waals surface area contributed by atoms with Gasteiger partial charge in [0, 0.05) is 11.1 Å². The molecule has 1 aromatic carbocycles. The molecule has 0 amide bonds. The monoisotopic (exact) mass is 260 g/mol. The molecule has 1 fully saturated rings. The molecular formula is C10H13ClN2O2S. The first-order chi connectivity index (χ1) is 7.49. The van der Waals surface area contributed by atoms with E-state index in [2.05, 4.69) is 4.72 Å². The molecule has 4 nitrogen and oxygen atoms in total. The molecule has 0 spiro atoms. The van der Waals surface area contributed by atoms with E-state index in [-0.39, 0.29) is 16.6 Å². The fraction of sp³-hybridized carbons (Fsp3) is 0.400. The first-order valence-corrected chi connectivity index (χ1v) is 6.92. The van der Waals surface area contributed by atoms with E-state index in [1.807, 2.05) is 0 Å². The third-order valence-electron chi connectivity index (χ3n) is 2.69. The number of benzene rings is 1. The van der Waals surface area contributed by atoms with E-state index in [1.165, 1.54) is 18.2 Å². The SMILES string of the molecule is Nc1cc(Cl)ccc1S(=O)(=O)NC1CCC1. The summed E-state index contributed by atoms with van der Waals surface area (Å²) < 4.78 is 26.5. The fourth-order valence-corrected chi connectivity index (χ4v) is 3.17. The van der Waals surface area contributed by atoms with Crippen LogP contribution >= 0.6 is 11.6 Å². The van der Waals surface area contributed by atoms with Gasteiger partial charge in [0.05, 0.1) is 5.69 Å². The molecule has 1 aliphatic carbocycles. The summed E-state index contributed by atoms with van der Waals surface area (Å²) in [4.78, 5) is 0.101. The van der Waals surface area contributed by atoms with Gasteiger partial charge in [0.1, 0.15) is 4.90 Å². The van der Waals surface area contributed by atoms with Crippen molar-refractivity contribution in [3.63, 3.8) is 0 Å². The minimum absolute atomic E-state index is 0.0556. The number of nitrogen functional groups attached to an aromatic ring is 1. The summed E-state index contributed by atoms with van der Waals surface area (Å²) in [5.74, 6) is 0. The number of nitrogens with one attached hydrogen (secondary N) is 1. The van der Waals surface area contributed by atoms with Crippen LogP contribution in [0.15, 0.2) is 23.1 Å². The Kier molecular flexibility index (Phi) is 3.10. The van der Waals surface area contributed by atoms with E-state index in [0.29, 0.717) is 5.02 Å². The predicted octanol–water partition coefficient (Wildman–Crippen LogP) is 1.75. The zero-order chi connectivity index (χ0) is 11.8. The summed E-state index contributed by atoms with van der Waals surface area (Å²) in [7, 11) is -3.50. The Bertz CT molecular complexity index is 498. The van der Waals surface area contributed by atoms with Crippen LogP contribution in [-0.4, -0.2) is 14.5 Å². The van der Waals surface area contributed by atoms with Gasteiger partial charge in [-0.3, -0.25) is 0 Å². The molecule has 1 saturated carbocycles. The molecule has 0 radical (unpaired) electrons. The molecule has 0 heterocycles. The average Bonchev–Trinajstić information content (AvgIpc) is 2.11. The van der Waals surface area contributed by atoms with E-state index in [9.17, 15) is 8.42 Å². The molecular weight excluding hydrogens is 248 g/mol. The number of nitrogens with two attached hydrogens (primary N) is 1. The standard InChI is InChI=1S/C10H13ClN2O2S/c11-7-4-5-10(9(12)6-7)16(14,15)13-8-2-1-3-8/h4-6,8,13H,1-3,12H2. The normalized spacial score (nSPS) is 17.1. The summed E-state index contributed by atoms with van der Waals surface area (Å²) in [6.45, 7) is 0. The lowest BCUT2D eigenvalue weighted by molar-refractivity contribution is 0.383. The Morgan fingerprint density at radius 2 is 2.06 bits per heavy atom. The summed E-state index contributed by atoms with van der Waals surface area (Å²) >= 11 is 5.72. The molecule has 2 rings (SSSR count). The first kappa shape index (κ1) is 11.7. The first-order valence-electron chi connectivity index (χ1n) is 5.06. The number of halogens is 1. The quantitative estimate of drug-likeness (QED) is 0.814. The van der Waals surface area contributed by atoms with Crippen LogP contribution in [0, 0.1) is 0 Å². The molecule has 0 atom stereocenters. The highest BCUT2D eigenvalue weighted by Gasteiger charge is 2.25. The van der Waals surface area contributed by atoms with Crippen molar-refractivity contribution >= 4 is 27.3 Å². The maximum absolute atomic E-state index is 11.9. The van der Waals surface area contributed by atoms with Gasteiger partial charge in [0.15, 0.2) is 0 Å². The third-order valence-corrected chi connectivity index (χ3v) is 4.52. The molecule has 0 bridgehead atoms. The van der Waals surface area contributed by atoms with E-state index in [0.717, 1.165) is 19.3 Å². The van der Waals surface area contributed by atoms with Crippen LogP contribution in [0.4, 0.5) is 5.69 Å². The van der Waals surface area contributed by atoms with Crippen molar-refractivity contribution in [1.82, 2.24) is 4.72 Å². The second-order valence-corrected chi connectivity index (χ2v) is 6.05. The van der Waals surface area contributed by atoms with Crippen LogP contribution in [0.25, 0.3) is 0 Å². The highest BCUT2D eigenvalue weighted by Crippen LogP contribution is 2.25. The summed E-state index contributed by atoms with van der Waals surface area (Å²) in [6.07, 6.45) is 2.86. The van der Waals surface area contributed by atoms with Crippen LogP contribution < -0.4 is 10.5 Å². The highest BCUT2D eigenvalue weighted by molar-refractivity contribution is 7.89. The van der Waals surface area contributed by atoms with E-state index in [1.54, 1.807) is 0 Å². The van der Waals surface area contributed by atoms with Gasteiger partial charge >= 0.3 is 0 Å². The number of anilines is 1. The summed E-state index contributed by atoms with van der Waals surface area (Å²) in [5, 5.41) is 0.431. The second-order valence-electron chi connectivity index (χ2n) is 3.93. The lowest BCUT2D eigenvalue weighted by Crippen LogP contribution is -2.39. The van der Waals surface area contributed by atoms with Crippen LogP contribution in [0.5, 0.6) is 0 Å². The summed E-state index contributed by atoms with van der Waals surface area (Å²) in [6, 6.07) is 4.45. The molecule has 0 unspecified atom stereocenters. The molecule has 1 aliphatic rings. The van der Waals surface area contributed by atoms with Crippen molar-refractivity contribution in [3.05, 3.63) is 23.2 Å². The van der Waals surface area contributed by atoms with Gasteiger partial charge < -0.3 is 5.73 Å². The van der Waals surface area contributed by atoms with Gasteiger partial charge in [-0.2, -0.15) is 0 Å². The lowest BCUT2D eigenvalue weighted by Gasteiger charge is -2.26. The lowest BCUT2D eigenvalue weighted by atomic mass is 9.94. The Morgan fingerprint density at radius 1 is 1.38 bits per heavy atom. The Hall–Kier alpha value is -0.780. The molecule has 0 aliphatic heterocycles. The van der Waals surface area contributed by atoms with E-state index < -0.39 is 10.0 Å². The maximum Gasteiger partial charge on any atom is 0.242 e. The largest absolute Gasteiger partial charge is 0.398 e. The zero-order valence-electron chi connectivity index (χ0n) is 8.61. The number of rotatable bonds is 3. The van der Waals surface area contributed by atoms with Gasteiger partial charge in [-0.25, -0.2) is 13.1 Å². The smallest absolute Gasteiger partial charge is 0.242 e. The minimum atomic E-state index is -3.50. The maximum atomic E-state index is 11.9. The molecule has 16 heavy (non-hydrogen) atoms. The van der Waals surface area contributed by atoms with Gasteiger partial charge in [-0.15, -0.1) is 0 Å². The van der Waals surface area contributed by atoms with Gasteiger partial charge in [0.25, 0.3) is 0 Å². The topological polar surface area (TPSA) is 72.2 Å². The summed E-state index contributed by atoms with van der Waals surface area (Å²) in [5.41, 5.74) is 5.82. The molecule has 6 heteroatoms. The Balaban J connectivity index is 2.27. The number of hydrogen-bond donors (Lipinski definition) is 2. The average molecular weight is 261 g/mol. The van der Waals surface area contributed by atoms with Crippen LogP contribution in [0.3, 0.4) is 0 Å². The fourth-order valence-electron chi connectivity index (χ4n) is 1.57. The molecule has 0 saturated heterocycles. The van der Waals surface area contributed by atoms with Crippen molar-refractivity contribution in [2.75, 3.05) is 5.73 Å². The Labute approximate surface area is 99.8 Å². The highest BCUT2D eigenvalue weighted by atomic mass is 35.5. The number of hydrogen-bond acceptors (Lipinski definition) is 3. The van der Waals surface area contributed by atoms with Crippen molar-refractivity contribution in [2.45, 2.75) is 30.2 Å². The minimum Gasteiger partial charge on any atom is -0.398 e. The third kappa shape index (κ3) is 2.31. The van der Waals surface area contributed by atoms with Crippen LogP contribution in [-0.2, 0) is 10.0 Å². The van der Waals surface area contributed by atoms with Crippen molar-refractivity contribution < 1.29 is 8.42 Å². The molecule has 1 aromatic rings. The van der Waals surface area contributed by atoms with Gasteiger partial charge in [-0.05, 0) is 31.0 Å². The van der Waals surface area contributed by atoms with E-state index >= 15 is 0 Å². The van der Waals surface area contributed by atoms with Gasteiger partial charge in [0.2, 0.25) is 10.0 Å². The zero-order valence-corrected chi connectivity index (χ0v) is 10.2. The van der Waals surface area contributed by atoms with Crippen molar-refractivity contribution in [3.8, 4) is 0 Å². The molecule has 3 N–H and O–H groups in total. The second kappa shape index (κ2) is 4.24. The van der Waals surface area contributed by atoms with E-state index in [4.69, 9.17) is 17.3 Å². The van der Waals surface area contributed by atoms with Crippen molar-refractivity contribution in [2.24, 2.45) is 0 Å². The van der Waals surface area contributed by atoms with Crippen molar-refractivity contribution in [1.29, 1.82) is 0 Å².